The summed E-state index contributed by atoms with van der Waals surface area (Å²) in [5.74, 6) is -1.73. The zero-order chi connectivity index (χ0) is 12.3. The lowest BCUT2D eigenvalue weighted by Gasteiger charge is -2.22. The summed E-state index contributed by atoms with van der Waals surface area (Å²) in [5, 5.41) is 0. The van der Waals surface area contributed by atoms with Crippen LogP contribution in [-0.4, -0.2) is 30.2 Å². The predicted molar refractivity (Wildman–Crippen MR) is 56.5 cm³/mol. The van der Waals surface area contributed by atoms with Gasteiger partial charge in [0.25, 0.3) is 0 Å². The fourth-order valence-corrected chi connectivity index (χ4v) is 1.39. The number of carbonyl (C=O) groups excluding carboxylic acids is 3. The van der Waals surface area contributed by atoms with Gasteiger partial charge in [0.1, 0.15) is 5.54 Å². The van der Waals surface area contributed by atoms with Gasteiger partial charge in [-0.05, 0) is 24.6 Å². The monoisotopic (exact) mass is 223 g/mol. The van der Waals surface area contributed by atoms with Crippen molar-refractivity contribution in [3.05, 3.63) is 23.8 Å². The van der Waals surface area contributed by atoms with E-state index in [0.717, 1.165) is 0 Å². The molecule has 0 aromatic rings. The van der Waals surface area contributed by atoms with Gasteiger partial charge in [0.05, 0.1) is 7.11 Å². The fourth-order valence-electron chi connectivity index (χ4n) is 1.39. The van der Waals surface area contributed by atoms with Crippen LogP contribution in [0, 0.1) is 0 Å². The van der Waals surface area contributed by atoms with Crippen LogP contribution in [0.2, 0.25) is 0 Å². The summed E-state index contributed by atoms with van der Waals surface area (Å²) in [6.07, 6.45) is 3.99. The van der Waals surface area contributed by atoms with Gasteiger partial charge in [-0.3, -0.25) is 14.4 Å². The molecule has 1 rings (SSSR count). The number of nitrogens with two attached hydrogens (primary N) is 1. The Kier molecular flexibility index (Phi) is 3.39. The van der Waals surface area contributed by atoms with E-state index in [1.54, 1.807) is 0 Å². The lowest BCUT2D eigenvalue weighted by Crippen LogP contribution is -2.46. The number of esters is 1. The third-order valence-electron chi connectivity index (χ3n) is 2.23. The van der Waals surface area contributed by atoms with Gasteiger partial charge in [-0.2, -0.15) is 0 Å². The Labute approximate surface area is 92.9 Å². The van der Waals surface area contributed by atoms with Gasteiger partial charge in [-0.15, -0.1) is 0 Å². The Hall–Kier alpha value is -1.75. The maximum Gasteiger partial charge on any atom is 0.325 e. The molecule has 2 N–H and O–H groups in total. The lowest BCUT2D eigenvalue weighted by molar-refractivity contribution is -0.146. The molecule has 0 heterocycles. The lowest BCUT2D eigenvalue weighted by atomic mass is 9.91. The highest BCUT2D eigenvalue weighted by Gasteiger charge is 2.31. The molecule has 5 nitrogen and oxygen atoms in total. The predicted octanol–water partition coefficient (Wildman–Crippen LogP) is -0.0987. The number of hydrogen-bond acceptors (Lipinski definition) is 5. The molecule has 0 amide bonds. The highest BCUT2D eigenvalue weighted by atomic mass is 16.5. The van der Waals surface area contributed by atoms with E-state index in [9.17, 15) is 14.4 Å². The van der Waals surface area contributed by atoms with Gasteiger partial charge in [-0.1, -0.05) is 6.08 Å². The molecule has 0 saturated carbocycles. The number of ketones is 2. The van der Waals surface area contributed by atoms with Gasteiger partial charge in [0.15, 0.2) is 0 Å². The summed E-state index contributed by atoms with van der Waals surface area (Å²) in [6.45, 7) is 1.51. The second-order valence-corrected chi connectivity index (χ2v) is 3.87. The average molecular weight is 223 g/mol. The molecule has 0 radical (unpaired) electrons. The number of methoxy groups -OCH3 is 1. The third-order valence-corrected chi connectivity index (χ3v) is 2.23. The van der Waals surface area contributed by atoms with Crippen molar-refractivity contribution in [2.45, 2.75) is 18.9 Å². The Balaban J connectivity index is 2.80. The second-order valence-electron chi connectivity index (χ2n) is 3.87. The molecular formula is C11H13NO4. The molecule has 1 aliphatic rings. The van der Waals surface area contributed by atoms with Crippen molar-refractivity contribution < 1.29 is 19.1 Å². The molecule has 16 heavy (non-hydrogen) atoms. The normalized spacial score (nSPS) is 19.1. The quantitative estimate of drug-likeness (QED) is 0.410. The molecular weight excluding hydrogens is 210 g/mol. The summed E-state index contributed by atoms with van der Waals surface area (Å²) >= 11 is 0. The zero-order valence-electron chi connectivity index (χ0n) is 9.15. The van der Waals surface area contributed by atoms with Gasteiger partial charge in [-0.25, -0.2) is 0 Å². The first-order valence-electron chi connectivity index (χ1n) is 4.71. The first-order chi connectivity index (χ1) is 7.36. The summed E-state index contributed by atoms with van der Waals surface area (Å²) in [5.41, 5.74) is 5.08. The Morgan fingerprint density at radius 1 is 1.38 bits per heavy atom. The van der Waals surface area contributed by atoms with E-state index < -0.39 is 23.1 Å². The van der Waals surface area contributed by atoms with E-state index in [0.29, 0.717) is 5.57 Å². The van der Waals surface area contributed by atoms with Gasteiger partial charge in [0, 0.05) is 6.42 Å². The minimum atomic E-state index is -1.20. The zero-order valence-corrected chi connectivity index (χ0v) is 9.15. The largest absolute Gasteiger partial charge is 0.468 e. The summed E-state index contributed by atoms with van der Waals surface area (Å²) in [4.78, 5) is 33.3. The second kappa shape index (κ2) is 4.40. The summed E-state index contributed by atoms with van der Waals surface area (Å²) in [6, 6.07) is 0. The SMILES string of the molecule is COC(=O)[C@@](C)(N)CC1=CC(=O)C(=O)C=C1. The molecule has 1 aliphatic carbocycles. The first kappa shape index (κ1) is 12.3. The summed E-state index contributed by atoms with van der Waals surface area (Å²) in [7, 11) is 1.24. The van der Waals surface area contributed by atoms with E-state index in [-0.39, 0.29) is 6.42 Å². The average Bonchev–Trinajstić information content (AvgIpc) is 2.22. The van der Waals surface area contributed by atoms with Crippen molar-refractivity contribution in [1.82, 2.24) is 0 Å². The van der Waals surface area contributed by atoms with Crippen molar-refractivity contribution in [1.29, 1.82) is 0 Å². The molecule has 0 aromatic carbocycles. The Bertz CT molecular complexity index is 404. The maximum absolute atomic E-state index is 11.3. The number of allylic oxidation sites excluding steroid dienone is 3. The van der Waals surface area contributed by atoms with E-state index in [4.69, 9.17) is 5.73 Å². The van der Waals surface area contributed by atoms with Crippen LogP contribution in [0.15, 0.2) is 23.8 Å². The van der Waals surface area contributed by atoms with Crippen LogP contribution in [0.1, 0.15) is 13.3 Å². The molecule has 0 aliphatic heterocycles. The molecule has 0 saturated heterocycles. The van der Waals surface area contributed by atoms with Gasteiger partial charge >= 0.3 is 5.97 Å². The van der Waals surface area contributed by atoms with Crippen LogP contribution >= 0.6 is 0 Å². The molecule has 0 unspecified atom stereocenters. The summed E-state index contributed by atoms with van der Waals surface area (Å²) < 4.78 is 4.54. The topological polar surface area (TPSA) is 86.5 Å². The van der Waals surface area contributed by atoms with E-state index >= 15 is 0 Å². The van der Waals surface area contributed by atoms with Crippen molar-refractivity contribution in [2.24, 2.45) is 5.73 Å². The molecule has 86 valence electrons. The van der Waals surface area contributed by atoms with Crippen LogP contribution < -0.4 is 5.73 Å². The van der Waals surface area contributed by atoms with Crippen LogP contribution in [0.5, 0.6) is 0 Å². The molecule has 0 spiro atoms. The van der Waals surface area contributed by atoms with Crippen molar-refractivity contribution >= 4 is 17.5 Å². The molecule has 0 fully saturated rings. The highest BCUT2D eigenvalue weighted by Crippen LogP contribution is 2.18. The first-order valence-corrected chi connectivity index (χ1v) is 4.71. The maximum atomic E-state index is 11.3. The molecule has 0 bridgehead atoms. The molecule has 0 aromatic heterocycles. The third kappa shape index (κ3) is 2.64. The Morgan fingerprint density at radius 2 is 2.00 bits per heavy atom. The van der Waals surface area contributed by atoms with E-state index in [1.165, 1.54) is 32.3 Å². The van der Waals surface area contributed by atoms with Gasteiger partial charge in [0.2, 0.25) is 11.6 Å². The van der Waals surface area contributed by atoms with Crippen LogP contribution in [0.3, 0.4) is 0 Å². The Morgan fingerprint density at radius 3 is 2.50 bits per heavy atom. The van der Waals surface area contributed by atoms with Crippen molar-refractivity contribution in [3.63, 3.8) is 0 Å². The highest BCUT2D eigenvalue weighted by molar-refractivity contribution is 6.46. The fraction of sp³-hybridized carbons (Fsp3) is 0.364. The number of hydrogen-bond donors (Lipinski definition) is 1. The van der Waals surface area contributed by atoms with Gasteiger partial charge < -0.3 is 10.5 Å². The minimum Gasteiger partial charge on any atom is -0.468 e. The molecule has 5 heteroatoms. The van der Waals surface area contributed by atoms with Crippen LogP contribution in [-0.2, 0) is 19.1 Å². The number of rotatable bonds is 3. The molecule has 1 atom stereocenters. The smallest absolute Gasteiger partial charge is 0.325 e. The van der Waals surface area contributed by atoms with Crippen LogP contribution in [0.4, 0.5) is 0 Å². The van der Waals surface area contributed by atoms with E-state index in [1.807, 2.05) is 0 Å². The number of ether oxygens (including phenoxy) is 1. The minimum absolute atomic E-state index is 0.148. The van der Waals surface area contributed by atoms with Crippen molar-refractivity contribution in [3.8, 4) is 0 Å². The van der Waals surface area contributed by atoms with E-state index in [2.05, 4.69) is 4.74 Å². The van der Waals surface area contributed by atoms with Crippen LogP contribution in [0.25, 0.3) is 0 Å². The standard InChI is InChI=1S/C11H13NO4/c1-11(12,10(15)16-2)6-7-3-4-8(13)9(14)5-7/h3-5H,6,12H2,1-2H3/t11-/m0/s1. The van der Waals surface area contributed by atoms with Crippen molar-refractivity contribution in [2.75, 3.05) is 7.11 Å². The number of carbonyl (C=O) groups is 3.